The first-order valence-electron chi connectivity index (χ1n) is 8.85. The summed E-state index contributed by atoms with van der Waals surface area (Å²) in [5.74, 6) is -1.58. The van der Waals surface area contributed by atoms with Crippen molar-refractivity contribution >= 4 is 11.0 Å². The number of benzene rings is 3. The van der Waals surface area contributed by atoms with Gasteiger partial charge < -0.3 is 10.5 Å². The van der Waals surface area contributed by atoms with E-state index in [-0.39, 0.29) is 17.4 Å². The summed E-state index contributed by atoms with van der Waals surface area (Å²) in [6, 6.07) is 15.4. The standard InChI is InChI=1S/C22H19F2N3O/c1-13(25)14-6-8-19-18(11-14)26-12-27(19)16-5-3-4-15(10-16)21-20(28-2)9-7-17(23)22(21)24/h3-13H,25H2,1-2H3. The molecular formula is C22H19F2N3O. The minimum Gasteiger partial charge on any atom is -0.496 e. The maximum Gasteiger partial charge on any atom is 0.170 e. The van der Waals surface area contributed by atoms with Crippen molar-refractivity contribution in [2.75, 3.05) is 7.11 Å². The van der Waals surface area contributed by atoms with Crippen LogP contribution in [0.15, 0.2) is 60.9 Å². The second-order valence-corrected chi connectivity index (χ2v) is 6.64. The molecular weight excluding hydrogens is 360 g/mol. The summed E-state index contributed by atoms with van der Waals surface area (Å²) in [4.78, 5) is 4.45. The lowest BCUT2D eigenvalue weighted by molar-refractivity contribution is 0.409. The first-order valence-corrected chi connectivity index (χ1v) is 8.85. The monoisotopic (exact) mass is 379 g/mol. The zero-order valence-electron chi connectivity index (χ0n) is 15.5. The molecule has 4 nitrogen and oxygen atoms in total. The summed E-state index contributed by atoms with van der Waals surface area (Å²) in [6.07, 6.45) is 1.70. The number of hydrogen-bond acceptors (Lipinski definition) is 3. The smallest absolute Gasteiger partial charge is 0.170 e. The minimum absolute atomic E-state index is 0.0821. The van der Waals surface area contributed by atoms with E-state index >= 15 is 0 Å². The number of nitrogens with two attached hydrogens (primary N) is 1. The summed E-state index contributed by atoms with van der Waals surface area (Å²) in [5, 5.41) is 0. The van der Waals surface area contributed by atoms with Crippen LogP contribution < -0.4 is 10.5 Å². The number of nitrogens with zero attached hydrogens (tertiary/aromatic N) is 2. The highest BCUT2D eigenvalue weighted by Gasteiger charge is 2.17. The Morgan fingerprint density at radius 2 is 1.89 bits per heavy atom. The van der Waals surface area contributed by atoms with E-state index in [1.807, 2.05) is 35.8 Å². The van der Waals surface area contributed by atoms with Crippen molar-refractivity contribution in [3.8, 4) is 22.6 Å². The van der Waals surface area contributed by atoms with E-state index in [1.54, 1.807) is 24.5 Å². The number of methoxy groups -OCH3 is 1. The van der Waals surface area contributed by atoms with E-state index < -0.39 is 11.6 Å². The number of ether oxygens (including phenoxy) is 1. The van der Waals surface area contributed by atoms with Crippen LogP contribution in [0.4, 0.5) is 8.78 Å². The lowest BCUT2D eigenvalue weighted by atomic mass is 10.0. The van der Waals surface area contributed by atoms with Crippen molar-refractivity contribution in [1.29, 1.82) is 0 Å². The van der Waals surface area contributed by atoms with Crippen LogP contribution in [-0.2, 0) is 0 Å². The van der Waals surface area contributed by atoms with E-state index in [2.05, 4.69) is 4.98 Å². The zero-order valence-corrected chi connectivity index (χ0v) is 15.5. The molecule has 0 saturated heterocycles. The van der Waals surface area contributed by atoms with E-state index in [0.717, 1.165) is 28.4 Å². The fourth-order valence-electron chi connectivity index (χ4n) is 3.30. The summed E-state index contributed by atoms with van der Waals surface area (Å²) >= 11 is 0. The molecule has 0 aliphatic rings. The SMILES string of the molecule is COc1ccc(F)c(F)c1-c1cccc(-n2cnc3cc(C(C)N)ccc32)c1. The molecule has 0 radical (unpaired) electrons. The second kappa shape index (κ2) is 7.05. The van der Waals surface area contributed by atoms with Gasteiger partial charge in [-0.25, -0.2) is 13.8 Å². The van der Waals surface area contributed by atoms with Gasteiger partial charge >= 0.3 is 0 Å². The van der Waals surface area contributed by atoms with Crippen molar-refractivity contribution in [1.82, 2.24) is 9.55 Å². The molecule has 1 heterocycles. The fourth-order valence-corrected chi connectivity index (χ4v) is 3.30. The number of halogens is 2. The van der Waals surface area contributed by atoms with E-state index in [1.165, 1.54) is 13.2 Å². The van der Waals surface area contributed by atoms with Crippen molar-refractivity contribution in [3.05, 3.63) is 78.1 Å². The van der Waals surface area contributed by atoms with E-state index in [9.17, 15) is 8.78 Å². The molecule has 2 N–H and O–H groups in total. The lowest BCUT2D eigenvalue weighted by Crippen LogP contribution is -2.04. The van der Waals surface area contributed by atoms with Gasteiger partial charge in [0.05, 0.1) is 23.7 Å². The molecule has 28 heavy (non-hydrogen) atoms. The molecule has 3 aromatic carbocycles. The normalized spacial score (nSPS) is 12.3. The van der Waals surface area contributed by atoms with Crippen LogP contribution in [0, 0.1) is 11.6 Å². The predicted octanol–water partition coefficient (Wildman–Crippen LogP) is 5.00. The van der Waals surface area contributed by atoms with E-state index in [0.29, 0.717) is 5.56 Å². The third-order valence-electron chi connectivity index (χ3n) is 4.79. The molecule has 0 saturated carbocycles. The zero-order chi connectivity index (χ0) is 19.8. The predicted molar refractivity (Wildman–Crippen MR) is 106 cm³/mol. The largest absolute Gasteiger partial charge is 0.496 e. The molecule has 1 aromatic heterocycles. The van der Waals surface area contributed by atoms with E-state index in [4.69, 9.17) is 10.5 Å². The lowest BCUT2D eigenvalue weighted by Gasteiger charge is -2.12. The Bertz CT molecular complexity index is 1170. The van der Waals surface area contributed by atoms with Crippen LogP contribution in [-0.4, -0.2) is 16.7 Å². The van der Waals surface area contributed by atoms with Crippen molar-refractivity contribution in [2.45, 2.75) is 13.0 Å². The highest BCUT2D eigenvalue weighted by atomic mass is 19.2. The Labute approximate surface area is 161 Å². The van der Waals surface area contributed by atoms with Gasteiger partial charge in [-0.2, -0.15) is 0 Å². The van der Waals surface area contributed by atoms with Gasteiger partial charge in [0, 0.05) is 11.7 Å². The number of aromatic nitrogens is 2. The maximum absolute atomic E-state index is 14.5. The number of imidazole rings is 1. The van der Waals surface area contributed by atoms with Gasteiger partial charge in [0.1, 0.15) is 12.1 Å². The van der Waals surface area contributed by atoms with Gasteiger partial charge in [-0.05, 0) is 54.4 Å². The van der Waals surface area contributed by atoms with Crippen LogP contribution in [0.2, 0.25) is 0 Å². The number of hydrogen-bond donors (Lipinski definition) is 1. The topological polar surface area (TPSA) is 53.1 Å². The van der Waals surface area contributed by atoms with Gasteiger partial charge in [-0.1, -0.05) is 18.2 Å². The molecule has 0 aliphatic heterocycles. The highest BCUT2D eigenvalue weighted by molar-refractivity contribution is 5.79. The molecule has 0 fully saturated rings. The Morgan fingerprint density at radius 3 is 2.64 bits per heavy atom. The fraction of sp³-hybridized carbons (Fsp3) is 0.136. The molecule has 1 unspecified atom stereocenters. The summed E-state index contributed by atoms with van der Waals surface area (Å²) in [7, 11) is 1.43. The molecule has 0 spiro atoms. The Morgan fingerprint density at radius 1 is 1.07 bits per heavy atom. The first kappa shape index (κ1) is 18.1. The Balaban J connectivity index is 1.85. The van der Waals surface area contributed by atoms with Crippen molar-refractivity contribution in [2.24, 2.45) is 5.73 Å². The number of rotatable bonds is 4. The van der Waals surface area contributed by atoms with Gasteiger partial charge in [-0.15, -0.1) is 0 Å². The summed E-state index contributed by atoms with van der Waals surface area (Å²) in [5.41, 5.74) is 10.0. The minimum atomic E-state index is -0.937. The quantitative estimate of drug-likeness (QED) is 0.543. The number of fused-ring (bicyclic) bond motifs is 1. The average molecular weight is 379 g/mol. The molecule has 6 heteroatoms. The van der Waals surface area contributed by atoms with Crippen LogP contribution in [0.3, 0.4) is 0 Å². The summed E-state index contributed by atoms with van der Waals surface area (Å²) < 4.78 is 35.4. The molecule has 4 rings (SSSR count). The van der Waals surface area contributed by atoms with Crippen LogP contribution in [0.25, 0.3) is 27.8 Å². The Kier molecular flexibility index (Phi) is 4.57. The van der Waals surface area contributed by atoms with Crippen LogP contribution in [0.5, 0.6) is 5.75 Å². The van der Waals surface area contributed by atoms with Gasteiger partial charge in [0.2, 0.25) is 0 Å². The maximum atomic E-state index is 14.5. The van der Waals surface area contributed by atoms with Crippen molar-refractivity contribution < 1.29 is 13.5 Å². The van der Waals surface area contributed by atoms with Crippen LogP contribution in [0.1, 0.15) is 18.5 Å². The highest BCUT2D eigenvalue weighted by Crippen LogP contribution is 2.35. The molecule has 142 valence electrons. The molecule has 1 atom stereocenters. The van der Waals surface area contributed by atoms with Gasteiger partial charge in [0.25, 0.3) is 0 Å². The molecule has 0 aliphatic carbocycles. The molecule has 4 aromatic rings. The van der Waals surface area contributed by atoms with Crippen LogP contribution >= 0.6 is 0 Å². The second-order valence-electron chi connectivity index (χ2n) is 6.64. The first-order chi connectivity index (χ1) is 13.5. The molecule has 0 bridgehead atoms. The average Bonchev–Trinajstić information content (AvgIpc) is 3.13. The van der Waals surface area contributed by atoms with Gasteiger partial charge in [-0.3, -0.25) is 4.57 Å². The Hall–Kier alpha value is -3.25. The third-order valence-corrected chi connectivity index (χ3v) is 4.79. The van der Waals surface area contributed by atoms with Crippen molar-refractivity contribution in [3.63, 3.8) is 0 Å². The van der Waals surface area contributed by atoms with Gasteiger partial charge in [0.15, 0.2) is 11.6 Å². The molecule has 0 amide bonds. The summed E-state index contributed by atoms with van der Waals surface area (Å²) in [6.45, 7) is 1.92. The third kappa shape index (κ3) is 3.01.